The Morgan fingerprint density at radius 1 is 0.314 bits per heavy atom. The van der Waals surface area contributed by atoms with Crippen LogP contribution in [0.5, 0.6) is 46.0 Å². The van der Waals surface area contributed by atoms with Crippen LogP contribution in [0.4, 0.5) is 34.1 Å². The molecule has 6 aliphatic heterocycles. The van der Waals surface area contributed by atoms with Crippen molar-refractivity contribution in [2.75, 3.05) is 9.80 Å². The molecule has 0 fully saturated rings. The Bertz CT molecular complexity index is 3420. The van der Waals surface area contributed by atoms with Gasteiger partial charge in [-0.1, -0.05) is 0 Å². The van der Waals surface area contributed by atoms with Crippen molar-refractivity contribution in [1.29, 1.82) is 0 Å². The molecule has 2 atom stereocenters. The van der Waals surface area contributed by atoms with Gasteiger partial charge in [0.1, 0.15) is 0 Å². The van der Waals surface area contributed by atoms with E-state index in [1.807, 2.05) is 0 Å². The van der Waals surface area contributed by atoms with Crippen LogP contribution in [0.3, 0.4) is 0 Å². The summed E-state index contributed by atoms with van der Waals surface area (Å²) in [5.41, 5.74) is 11.8. The standard InChI is InChI=1S/C62H58Ge2N2O4/c1-59(2,3)33-19-23-37(24-20-33)65-41-15-13-17-43-51(41)63-53-45(67-43)27-35(61(7,8)9)29-47(53)69-49-32-40-39(57(65)55(49)63)31-50-56-58(40)66(38-25-21-34(22-26-38)60(4,5)6)42-16-14-18-44-52(42)64(56)54-46(68-44)28-36(62(10,11)12)30-48(54)70-50/h13-32,63-64H,1-12H3. The molecule has 0 radical (unpaired) electrons. The van der Waals surface area contributed by atoms with E-state index in [-0.39, 0.29) is 21.7 Å². The van der Waals surface area contributed by atoms with Gasteiger partial charge < -0.3 is 0 Å². The van der Waals surface area contributed by atoms with Crippen LogP contribution in [-0.4, -0.2) is 28.7 Å². The first-order valence-electron chi connectivity index (χ1n) is 25.1. The monoisotopic (exact) mass is 1040 g/mol. The fourth-order valence-corrected chi connectivity index (χ4v) is 27.6. The molecule has 348 valence electrons. The summed E-state index contributed by atoms with van der Waals surface area (Å²) in [6, 6.07) is 46.1. The van der Waals surface area contributed by atoms with Gasteiger partial charge in [0.05, 0.1) is 0 Å². The van der Waals surface area contributed by atoms with Crippen LogP contribution in [0, 0.1) is 0 Å². The quantitative estimate of drug-likeness (QED) is 0.161. The van der Waals surface area contributed by atoms with E-state index in [0.29, 0.717) is 0 Å². The van der Waals surface area contributed by atoms with E-state index in [1.165, 1.54) is 82.2 Å². The van der Waals surface area contributed by atoms with Gasteiger partial charge in [0, 0.05) is 0 Å². The number of rotatable bonds is 2. The van der Waals surface area contributed by atoms with Gasteiger partial charge in [-0.25, -0.2) is 0 Å². The summed E-state index contributed by atoms with van der Waals surface area (Å²) in [6.45, 7) is 27.4. The van der Waals surface area contributed by atoms with Crippen molar-refractivity contribution in [3.8, 4) is 46.0 Å². The van der Waals surface area contributed by atoms with Crippen molar-refractivity contribution in [3.05, 3.63) is 144 Å². The predicted octanol–water partition coefficient (Wildman–Crippen LogP) is 12.5. The van der Waals surface area contributed by atoms with Crippen LogP contribution in [0.25, 0.3) is 10.8 Å². The number of anilines is 6. The first-order valence-corrected chi connectivity index (χ1v) is 32.3. The Morgan fingerprint density at radius 3 is 0.957 bits per heavy atom. The summed E-state index contributed by atoms with van der Waals surface area (Å²) in [7, 11) is 0. The molecular formula is C62H58Ge2N2O4. The molecule has 0 spiro atoms. The second kappa shape index (κ2) is 13.9. The van der Waals surface area contributed by atoms with Gasteiger partial charge in [-0.15, -0.1) is 0 Å². The zero-order valence-corrected chi connectivity index (χ0v) is 47.1. The van der Waals surface area contributed by atoms with E-state index in [2.05, 4.69) is 214 Å². The van der Waals surface area contributed by atoms with Gasteiger partial charge in [0.15, 0.2) is 0 Å². The summed E-state index contributed by atoms with van der Waals surface area (Å²) < 4.78 is 37.1. The van der Waals surface area contributed by atoms with Crippen LogP contribution in [0.1, 0.15) is 105 Å². The first-order chi connectivity index (χ1) is 33.2. The van der Waals surface area contributed by atoms with E-state index in [9.17, 15) is 0 Å². The second-order valence-corrected chi connectivity index (χ2v) is 35.5. The SMILES string of the molecule is CC(C)(C)c1ccc(N2c3cccc4[c]3[GeH]3[c]5c(cc(C(C)(C)C)cc5Oc5cc6c7[c]8c(cc6c2[c]53)Oc2cc(C(C)(C)C)cc3[c]2[GeH]8[c]2c(cccc2N7c2ccc(C(C)(C)C)cc2)O3)O4)cc1. The summed E-state index contributed by atoms with van der Waals surface area (Å²) in [5.74, 6) is 7.66. The van der Waals surface area contributed by atoms with Crippen LogP contribution in [0.2, 0.25) is 0 Å². The molecular weight excluding hydrogens is 982 g/mol. The number of fused-ring (bicyclic) bond motifs is 3. The molecule has 0 N–H and O–H groups in total. The van der Waals surface area contributed by atoms with Crippen molar-refractivity contribution in [1.82, 2.24) is 0 Å². The summed E-state index contributed by atoms with van der Waals surface area (Å²) in [6.07, 6.45) is 0. The molecule has 2 unspecified atom stereocenters. The van der Waals surface area contributed by atoms with Gasteiger partial charge in [-0.3, -0.25) is 0 Å². The molecule has 6 nitrogen and oxygen atoms in total. The Hall–Kier alpha value is -6.09. The number of nitrogens with zero attached hydrogens (tertiary/aromatic N) is 2. The zero-order chi connectivity index (χ0) is 48.3. The summed E-state index contributed by atoms with van der Waals surface area (Å²) >= 11 is -5.96. The third-order valence-electron chi connectivity index (χ3n) is 15.9. The van der Waals surface area contributed by atoms with Crippen molar-refractivity contribution < 1.29 is 18.9 Å². The van der Waals surface area contributed by atoms with Crippen LogP contribution in [0.15, 0.2) is 121 Å². The fourth-order valence-electron chi connectivity index (χ4n) is 12.2. The number of hydrogen-bond acceptors (Lipinski definition) is 6. The van der Waals surface area contributed by atoms with E-state index in [4.69, 9.17) is 18.9 Å². The van der Waals surface area contributed by atoms with Crippen LogP contribution in [-0.2, 0) is 21.7 Å². The molecule has 0 bridgehead atoms. The average molecular weight is 1040 g/mol. The normalized spacial score (nSPS) is 17.3. The first kappa shape index (κ1) is 42.8. The molecule has 14 rings (SSSR count). The van der Waals surface area contributed by atoms with Gasteiger partial charge in [-0.05, 0) is 0 Å². The molecule has 0 saturated heterocycles. The average Bonchev–Trinajstić information content (AvgIpc) is 3.30. The van der Waals surface area contributed by atoms with E-state index in [1.54, 1.807) is 0 Å². The molecule has 0 aromatic heterocycles. The molecule has 0 amide bonds. The summed E-state index contributed by atoms with van der Waals surface area (Å²) in [5, 5.41) is 2.34. The molecule has 8 aromatic rings. The van der Waals surface area contributed by atoms with Gasteiger partial charge >= 0.3 is 423 Å². The van der Waals surface area contributed by atoms with Gasteiger partial charge in [0.25, 0.3) is 0 Å². The third kappa shape index (κ3) is 5.86. The Balaban J connectivity index is 1.13. The third-order valence-corrected chi connectivity index (χ3v) is 30.4. The minimum atomic E-state index is -2.98. The van der Waals surface area contributed by atoms with E-state index < -0.39 is 28.7 Å². The van der Waals surface area contributed by atoms with Crippen molar-refractivity contribution >= 4 is 100.0 Å². The molecule has 0 saturated carbocycles. The van der Waals surface area contributed by atoms with Crippen molar-refractivity contribution in [2.24, 2.45) is 0 Å². The Labute approximate surface area is 420 Å². The number of benzene rings is 8. The fraction of sp³-hybridized carbons (Fsp3) is 0.258. The van der Waals surface area contributed by atoms with Crippen LogP contribution < -0.4 is 55.1 Å². The molecule has 6 heterocycles. The zero-order valence-electron chi connectivity index (χ0n) is 42.2. The van der Waals surface area contributed by atoms with Crippen molar-refractivity contribution in [2.45, 2.75) is 105 Å². The summed E-state index contributed by atoms with van der Waals surface area (Å²) in [4.78, 5) is 5.08. The maximum absolute atomic E-state index is 7.51. The van der Waals surface area contributed by atoms with Gasteiger partial charge in [0.2, 0.25) is 0 Å². The van der Waals surface area contributed by atoms with E-state index >= 15 is 0 Å². The second-order valence-electron chi connectivity index (χ2n) is 24.6. The molecule has 0 aliphatic carbocycles. The topological polar surface area (TPSA) is 43.4 Å². The predicted molar refractivity (Wildman–Crippen MR) is 293 cm³/mol. The number of ether oxygens (including phenoxy) is 4. The molecule has 70 heavy (non-hydrogen) atoms. The van der Waals surface area contributed by atoms with Crippen LogP contribution >= 0.6 is 0 Å². The minimum absolute atomic E-state index is 0.00125. The van der Waals surface area contributed by atoms with Crippen molar-refractivity contribution in [3.63, 3.8) is 0 Å². The molecule has 8 heteroatoms. The Kier molecular flexibility index (Phi) is 8.46. The van der Waals surface area contributed by atoms with Gasteiger partial charge in [-0.2, -0.15) is 0 Å². The van der Waals surface area contributed by atoms with E-state index in [0.717, 1.165) is 57.4 Å². The Morgan fingerprint density at radius 2 is 0.629 bits per heavy atom. The molecule has 8 aromatic carbocycles. The molecule has 6 aliphatic rings. The number of hydrogen-bond donors (Lipinski definition) is 0. The maximum atomic E-state index is 7.51.